The third-order valence-electron chi connectivity index (χ3n) is 4.42. The van der Waals surface area contributed by atoms with Crippen LogP contribution in [0.4, 0.5) is 5.69 Å². The molecule has 0 aliphatic heterocycles. The van der Waals surface area contributed by atoms with Crippen LogP contribution in [0, 0.1) is 0 Å². The number of aromatic nitrogens is 1. The molecule has 1 heterocycles. The van der Waals surface area contributed by atoms with Gasteiger partial charge in [-0.3, -0.25) is 4.98 Å². The first-order valence-electron chi connectivity index (χ1n) is 8.79. The lowest BCUT2D eigenvalue weighted by Crippen LogP contribution is -2.02. The van der Waals surface area contributed by atoms with Gasteiger partial charge in [0, 0.05) is 35.8 Å². The number of hydrogen-bond donors (Lipinski definition) is 1. The van der Waals surface area contributed by atoms with Crippen molar-refractivity contribution in [2.45, 2.75) is 6.42 Å². The van der Waals surface area contributed by atoms with E-state index in [1.165, 1.54) is 22.4 Å². The van der Waals surface area contributed by atoms with E-state index in [2.05, 4.69) is 89.2 Å². The molecule has 0 saturated heterocycles. The summed E-state index contributed by atoms with van der Waals surface area (Å²) in [6.45, 7) is 0. The molecule has 4 rings (SSSR count). The van der Waals surface area contributed by atoms with Crippen LogP contribution in [0.1, 0.15) is 12.0 Å². The van der Waals surface area contributed by atoms with Crippen LogP contribution < -0.4 is 5.32 Å². The standard InChI is InChI=1S/C24H20N2/c1-3-8-20(9-4-1)23-11-5-2-6-12-24(23)26-22-15-13-19(14-16-22)21-10-7-17-25-18-21/h1-11,13-18,26H,12H2. The molecule has 0 spiro atoms. The van der Waals surface area contributed by atoms with Crippen molar-refractivity contribution in [3.63, 3.8) is 0 Å². The molecule has 2 nitrogen and oxygen atoms in total. The predicted octanol–water partition coefficient (Wildman–Crippen LogP) is 6.09. The van der Waals surface area contributed by atoms with Gasteiger partial charge in [0.1, 0.15) is 0 Å². The first-order valence-corrected chi connectivity index (χ1v) is 8.79. The molecule has 0 bridgehead atoms. The van der Waals surface area contributed by atoms with Crippen molar-refractivity contribution < 1.29 is 0 Å². The van der Waals surface area contributed by atoms with E-state index in [1.807, 2.05) is 18.3 Å². The number of rotatable bonds is 4. The summed E-state index contributed by atoms with van der Waals surface area (Å²) < 4.78 is 0. The summed E-state index contributed by atoms with van der Waals surface area (Å²) in [5, 5.41) is 3.61. The summed E-state index contributed by atoms with van der Waals surface area (Å²) in [6.07, 6.45) is 13.1. The second-order valence-electron chi connectivity index (χ2n) is 6.19. The summed E-state index contributed by atoms with van der Waals surface area (Å²) in [5.74, 6) is 0. The predicted molar refractivity (Wildman–Crippen MR) is 110 cm³/mol. The zero-order chi connectivity index (χ0) is 17.6. The third kappa shape index (κ3) is 3.65. The summed E-state index contributed by atoms with van der Waals surface area (Å²) in [4.78, 5) is 4.19. The smallest absolute Gasteiger partial charge is 0.0382 e. The zero-order valence-corrected chi connectivity index (χ0v) is 14.5. The Balaban J connectivity index is 1.63. The fraction of sp³-hybridized carbons (Fsp3) is 0.0417. The molecule has 1 aliphatic carbocycles. The molecule has 2 aromatic carbocycles. The Morgan fingerprint density at radius 2 is 1.54 bits per heavy atom. The minimum atomic E-state index is 0.877. The number of nitrogens with zero attached hydrogens (tertiary/aromatic N) is 1. The SMILES string of the molecule is C1=CCC(Nc2ccc(-c3cccnc3)cc2)=C(c2ccccc2)C=C1. The van der Waals surface area contributed by atoms with Crippen molar-refractivity contribution in [3.05, 3.63) is 115 Å². The highest BCUT2D eigenvalue weighted by Crippen LogP contribution is 2.27. The van der Waals surface area contributed by atoms with Crippen LogP contribution >= 0.6 is 0 Å². The molecule has 0 atom stereocenters. The molecule has 0 unspecified atom stereocenters. The van der Waals surface area contributed by atoms with Crippen LogP contribution in [0.5, 0.6) is 0 Å². The quantitative estimate of drug-likeness (QED) is 0.624. The normalized spacial score (nSPS) is 13.5. The molecule has 0 fully saturated rings. The Labute approximate surface area is 154 Å². The molecular weight excluding hydrogens is 316 g/mol. The maximum atomic E-state index is 4.19. The number of anilines is 1. The van der Waals surface area contributed by atoms with E-state index in [0.29, 0.717) is 0 Å². The lowest BCUT2D eigenvalue weighted by molar-refractivity contribution is 1.22. The first-order chi connectivity index (χ1) is 12.9. The maximum absolute atomic E-state index is 4.19. The van der Waals surface area contributed by atoms with Crippen molar-refractivity contribution in [1.29, 1.82) is 0 Å². The van der Waals surface area contributed by atoms with Gasteiger partial charge in [-0.25, -0.2) is 0 Å². The Kier molecular flexibility index (Phi) is 4.74. The Morgan fingerprint density at radius 3 is 2.31 bits per heavy atom. The van der Waals surface area contributed by atoms with Gasteiger partial charge in [-0.2, -0.15) is 0 Å². The molecule has 1 aliphatic rings. The van der Waals surface area contributed by atoms with Gasteiger partial charge in [0.2, 0.25) is 0 Å². The van der Waals surface area contributed by atoms with Crippen LogP contribution in [-0.2, 0) is 0 Å². The first kappa shape index (κ1) is 16.1. The summed E-state index contributed by atoms with van der Waals surface area (Å²) in [5.41, 5.74) is 7.04. The molecule has 126 valence electrons. The van der Waals surface area contributed by atoms with E-state index in [4.69, 9.17) is 0 Å². The van der Waals surface area contributed by atoms with Crippen LogP contribution in [0.3, 0.4) is 0 Å². The Morgan fingerprint density at radius 1 is 0.731 bits per heavy atom. The number of allylic oxidation sites excluding steroid dienone is 5. The highest BCUT2D eigenvalue weighted by molar-refractivity contribution is 5.80. The van der Waals surface area contributed by atoms with E-state index in [0.717, 1.165) is 17.7 Å². The van der Waals surface area contributed by atoms with E-state index < -0.39 is 0 Å². The van der Waals surface area contributed by atoms with Crippen molar-refractivity contribution in [2.75, 3.05) is 5.32 Å². The van der Waals surface area contributed by atoms with Crippen LogP contribution in [0.25, 0.3) is 16.7 Å². The van der Waals surface area contributed by atoms with E-state index in [-0.39, 0.29) is 0 Å². The fourth-order valence-corrected chi connectivity index (χ4v) is 3.09. The van der Waals surface area contributed by atoms with Crippen LogP contribution in [-0.4, -0.2) is 4.98 Å². The summed E-state index contributed by atoms with van der Waals surface area (Å²) in [6, 6.07) is 23.0. The molecule has 0 amide bonds. The van der Waals surface area contributed by atoms with Gasteiger partial charge in [-0.1, -0.05) is 72.8 Å². The van der Waals surface area contributed by atoms with Gasteiger partial charge in [0.05, 0.1) is 0 Å². The third-order valence-corrected chi connectivity index (χ3v) is 4.42. The fourth-order valence-electron chi connectivity index (χ4n) is 3.09. The van der Waals surface area contributed by atoms with Crippen LogP contribution in [0.2, 0.25) is 0 Å². The largest absolute Gasteiger partial charge is 0.358 e. The van der Waals surface area contributed by atoms with Crippen LogP contribution in [0.15, 0.2) is 109 Å². The van der Waals surface area contributed by atoms with Gasteiger partial charge >= 0.3 is 0 Å². The lowest BCUT2D eigenvalue weighted by atomic mass is 10.0. The zero-order valence-electron chi connectivity index (χ0n) is 14.5. The summed E-state index contributed by atoms with van der Waals surface area (Å²) >= 11 is 0. The van der Waals surface area contributed by atoms with Crippen molar-refractivity contribution in [3.8, 4) is 11.1 Å². The average Bonchev–Trinajstić information content (AvgIpc) is 2.95. The highest BCUT2D eigenvalue weighted by Gasteiger charge is 2.08. The average molecular weight is 336 g/mol. The van der Waals surface area contributed by atoms with Crippen molar-refractivity contribution in [1.82, 2.24) is 4.98 Å². The monoisotopic (exact) mass is 336 g/mol. The van der Waals surface area contributed by atoms with Gasteiger partial charge in [0.25, 0.3) is 0 Å². The molecule has 26 heavy (non-hydrogen) atoms. The second kappa shape index (κ2) is 7.66. The van der Waals surface area contributed by atoms with Crippen molar-refractivity contribution >= 4 is 11.3 Å². The van der Waals surface area contributed by atoms with Crippen molar-refractivity contribution in [2.24, 2.45) is 0 Å². The van der Waals surface area contributed by atoms with E-state index >= 15 is 0 Å². The van der Waals surface area contributed by atoms with Gasteiger partial charge in [0.15, 0.2) is 0 Å². The minimum absolute atomic E-state index is 0.877. The molecule has 2 heteroatoms. The molecule has 3 aromatic rings. The number of hydrogen-bond acceptors (Lipinski definition) is 2. The van der Waals surface area contributed by atoms with Gasteiger partial charge < -0.3 is 5.32 Å². The van der Waals surface area contributed by atoms with Gasteiger partial charge in [-0.15, -0.1) is 0 Å². The summed E-state index contributed by atoms with van der Waals surface area (Å²) in [7, 11) is 0. The molecular formula is C24H20N2. The maximum Gasteiger partial charge on any atom is 0.0382 e. The molecule has 0 radical (unpaired) electrons. The number of pyridine rings is 1. The number of nitrogens with one attached hydrogen (secondary N) is 1. The second-order valence-corrected chi connectivity index (χ2v) is 6.19. The number of benzene rings is 2. The van der Waals surface area contributed by atoms with Gasteiger partial charge in [-0.05, 0) is 34.9 Å². The van der Waals surface area contributed by atoms with E-state index in [1.54, 1.807) is 6.20 Å². The topological polar surface area (TPSA) is 24.9 Å². The lowest BCUT2D eigenvalue weighted by Gasteiger charge is -2.14. The minimum Gasteiger partial charge on any atom is -0.358 e. The van der Waals surface area contributed by atoms with E-state index in [9.17, 15) is 0 Å². The Hall–Kier alpha value is -3.39. The molecule has 1 aromatic heterocycles. The molecule has 0 saturated carbocycles. The highest BCUT2D eigenvalue weighted by atomic mass is 14.9. The molecule has 1 N–H and O–H groups in total. The Bertz CT molecular complexity index is 950.